The van der Waals surface area contributed by atoms with Crippen LogP contribution in [0.25, 0.3) is 0 Å². The van der Waals surface area contributed by atoms with E-state index < -0.39 is 0 Å². The number of ether oxygens (including phenoxy) is 1. The molecular weight excluding hydrogens is 308 g/mol. The highest BCUT2D eigenvalue weighted by Gasteiger charge is 2.49. The number of rotatable bonds is 5. The van der Waals surface area contributed by atoms with Gasteiger partial charge in [0.05, 0.1) is 11.8 Å². The molecule has 1 saturated carbocycles. The molecule has 2 fully saturated rings. The van der Waals surface area contributed by atoms with E-state index >= 15 is 0 Å². The second kappa shape index (κ2) is 7.11. The number of aromatic nitrogens is 1. The van der Waals surface area contributed by atoms with Gasteiger partial charge in [0.25, 0.3) is 0 Å². The van der Waals surface area contributed by atoms with Gasteiger partial charge in [-0.05, 0) is 13.3 Å². The monoisotopic (exact) mass is 336 g/mol. The third kappa shape index (κ3) is 3.57. The van der Waals surface area contributed by atoms with Crippen molar-refractivity contribution in [1.29, 1.82) is 0 Å². The molecule has 1 aromatic heterocycles. The minimum atomic E-state index is 0.000441. The number of hydrogen-bond acceptors (Lipinski definition) is 5. The van der Waals surface area contributed by atoms with Crippen molar-refractivity contribution >= 4 is 6.03 Å². The largest absolute Gasteiger partial charge is 0.378 e. The fourth-order valence-corrected chi connectivity index (χ4v) is 3.51. The van der Waals surface area contributed by atoms with Crippen LogP contribution in [0.15, 0.2) is 16.9 Å². The van der Waals surface area contributed by atoms with Crippen molar-refractivity contribution in [2.75, 3.05) is 32.8 Å². The van der Waals surface area contributed by atoms with Crippen LogP contribution in [0.3, 0.4) is 0 Å². The van der Waals surface area contributed by atoms with Crippen molar-refractivity contribution in [2.24, 2.45) is 5.41 Å². The number of carbonyl (C=O) groups excluding carboxylic acids is 1. The lowest BCUT2D eigenvalue weighted by Gasteiger charge is -2.52. The zero-order chi connectivity index (χ0) is 17.2. The van der Waals surface area contributed by atoms with E-state index in [1.54, 1.807) is 6.26 Å². The third-order valence-corrected chi connectivity index (χ3v) is 5.38. The quantitative estimate of drug-likeness (QED) is 0.886. The molecule has 1 saturated heterocycles. The summed E-state index contributed by atoms with van der Waals surface area (Å²) >= 11 is 0. The van der Waals surface area contributed by atoms with Gasteiger partial charge >= 0.3 is 6.03 Å². The standard InChI is InChI=1S/C17H28N4O3/c1-4-23-15-11-14(17(15,2)3)18-16(22)21-8-6-20(7-9-21)12-13-5-10-24-19-13/h5,10,14-15H,4,6-9,11-12H2,1-3H3,(H,18,22)/t14-,15+/m1/s1. The average Bonchev–Trinajstić information content (AvgIpc) is 3.07. The number of urea groups is 1. The summed E-state index contributed by atoms with van der Waals surface area (Å²) < 4.78 is 10.6. The Morgan fingerprint density at radius 2 is 2.17 bits per heavy atom. The molecule has 1 aliphatic carbocycles. The molecule has 2 aliphatic rings. The molecule has 0 bridgehead atoms. The van der Waals surface area contributed by atoms with Gasteiger partial charge in [-0.1, -0.05) is 19.0 Å². The summed E-state index contributed by atoms with van der Waals surface area (Å²) in [6.45, 7) is 11.0. The average molecular weight is 336 g/mol. The Hall–Kier alpha value is -1.60. The summed E-state index contributed by atoms with van der Waals surface area (Å²) in [5.74, 6) is 0. The molecule has 2 atom stereocenters. The van der Waals surface area contributed by atoms with Gasteiger partial charge < -0.3 is 19.5 Å². The molecule has 7 heteroatoms. The SMILES string of the molecule is CCO[C@H]1C[C@@H](NC(=O)N2CCN(Cc3ccon3)CC2)C1(C)C. The Morgan fingerprint density at radius 1 is 1.42 bits per heavy atom. The van der Waals surface area contributed by atoms with Gasteiger partial charge in [0, 0.05) is 56.9 Å². The van der Waals surface area contributed by atoms with E-state index in [2.05, 4.69) is 29.2 Å². The van der Waals surface area contributed by atoms with Gasteiger partial charge in [-0.25, -0.2) is 4.79 Å². The first-order chi connectivity index (χ1) is 11.5. The minimum Gasteiger partial charge on any atom is -0.378 e. The van der Waals surface area contributed by atoms with E-state index in [-0.39, 0.29) is 23.6 Å². The molecular formula is C17H28N4O3. The van der Waals surface area contributed by atoms with E-state index in [1.807, 2.05) is 17.9 Å². The Kier molecular flexibility index (Phi) is 5.10. The zero-order valence-corrected chi connectivity index (χ0v) is 14.8. The zero-order valence-electron chi connectivity index (χ0n) is 14.8. The lowest BCUT2D eigenvalue weighted by molar-refractivity contribution is -0.111. The molecule has 3 rings (SSSR count). The highest BCUT2D eigenvalue weighted by atomic mass is 16.5. The summed E-state index contributed by atoms with van der Waals surface area (Å²) in [6, 6.07) is 2.12. The van der Waals surface area contributed by atoms with Crippen molar-refractivity contribution < 1.29 is 14.1 Å². The van der Waals surface area contributed by atoms with E-state index in [9.17, 15) is 4.79 Å². The molecule has 0 aromatic carbocycles. The molecule has 1 N–H and O–H groups in total. The Balaban J connectivity index is 1.43. The fraction of sp³-hybridized carbons (Fsp3) is 0.765. The molecule has 7 nitrogen and oxygen atoms in total. The molecule has 0 spiro atoms. The Labute approximate surface area is 143 Å². The number of nitrogens with zero attached hydrogens (tertiary/aromatic N) is 3. The molecule has 1 aromatic rings. The van der Waals surface area contributed by atoms with Crippen LogP contribution in [0.2, 0.25) is 0 Å². The van der Waals surface area contributed by atoms with Crippen molar-refractivity contribution in [3.8, 4) is 0 Å². The van der Waals surface area contributed by atoms with Crippen LogP contribution < -0.4 is 5.32 Å². The number of hydrogen-bond donors (Lipinski definition) is 1. The van der Waals surface area contributed by atoms with Crippen LogP contribution >= 0.6 is 0 Å². The van der Waals surface area contributed by atoms with Gasteiger partial charge in [-0.3, -0.25) is 4.90 Å². The highest BCUT2D eigenvalue weighted by Crippen LogP contribution is 2.42. The Bertz CT molecular complexity index is 538. The predicted octanol–water partition coefficient (Wildman–Crippen LogP) is 1.71. The van der Waals surface area contributed by atoms with Crippen molar-refractivity contribution in [3.63, 3.8) is 0 Å². The second-order valence-electron chi connectivity index (χ2n) is 7.26. The lowest BCUT2D eigenvalue weighted by atomic mass is 9.64. The fourth-order valence-electron chi connectivity index (χ4n) is 3.51. The van der Waals surface area contributed by atoms with Crippen LogP contribution in [0, 0.1) is 5.41 Å². The Morgan fingerprint density at radius 3 is 2.75 bits per heavy atom. The number of piperazine rings is 1. The minimum absolute atomic E-state index is 0.000441. The van der Waals surface area contributed by atoms with Crippen molar-refractivity contribution in [1.82, 2.24) is 20.3 Å². The summed E-state index contributed by atoms with van der Waals surface area (Å²) in [5.41, 5.74) is 0.937. The van der Waals surface area contributed by atoms with Crippen LogP contribution in [-0.4, -0.2) is 65.9 Å². The number of amides is 2. The molecule has 0 unspecified atom stereocenters. The van der Waals surface area contributed by atoms with E-state index in [1.165, 1.54) is 0 Å². The van der Waals surface area contributed by atoms with Gasteiger partial charge in [0.15, 0.2) is 0 Å². The van der Waals surface area contributed by atoms with Crippen molar-refractivity contribution in [2.45, 2.75) is 45.9 Å². The van der Waals surface area contributed by atoms with Crippen LogP contribution in [0.5, 0.6) is 0 Å². The van der Waals surface area contributed by atoms with Crippen LogP contribution in [0.4, 0.5) is 4.79 Å². The molecule has 2 heterocycles. The van der Waals surface area contributed by atoms with Gasteiger partial charge in [-0.15, -0.1) is 0 Å². The molecule has 2 amide bonds. The second-order valence-corrected chi connectivity index (χ2v) is 7.26. The van der Waals surface area contributed by atoms with Gasteiger partial charge in [-0.2, -0.15) is 0 Å². The van der Waals surface area contributed by atoms with E-state index in [4.69, 9.17) is 9.26 Å². The van der Waals surface area contributed by atoms with Crippen molar-refractivity contribution in [3.05, 3.63) is 18.0 Å². The molecule has 1 aliphatic heterocycles. The summed E-state index contributed by atoms with van der Waals surface area (Å²) in [5, 5.41) is 7.13. The normalized spacial score (nSPS) is 26.9. The number of nitrogens with one attached hydrogen (secondary N) is 1. The summed E-state index contributed by atoms with van der Waals surface area (Å²) in [4.78, 5) is 16.7. The maximum atomic E-state index is 12.5. The summed E-state index contributed by atoms with van der Waals surface area (Å²) in [6.07, 6.45) is 2.74. The maximum Gasteiger partial charge on any atom is 0.317 e. The summed E-state index contributed by atoms with van der Waals surface area (Å²) in [7, 11) is 0. The van der Waals surface area contributed by atoms with Crippen LogP contribution in [0.1, 0.15) is 32.9 Å². The predicted molar refractivity (Wildman–Crippen MR) is 89.5 cm³/mol. The highest BCUT2D eigenvalue weighted by molar-refractivity contribution is 5.75. The van der Waals surface area contributed by atoms with Gasteiger partial charge in [0.1, 0.15) is 6.26 Å². The van der Waals surface area contributed by atoms with Gasteiger partial charge in [0.2, 0.25) is 0 Å². The first kappa shape index (κ1) is 17.2. The molecule has 0 radical (unpaired) electrons. The lowest BCUT2D eigenvalue weighted by Crippen LogP contribution is -2.64. The number of carbonyl (C=O) groups is 1. The first-order valence-corrected chi connectivity index (χ1v) is 8.79. The van der Waals surface area contributed by atoms with E-state index in [0.717, 1.165) is 51.4 Å². The maximum absolute atomic E-state index is 12.5. The molecule has 24 heavy (non-hydrogen) atoms. The molecule has 134 valence electrons. The topological polar surface area (TPSA) is 70.8 Å². The smallest absolute Gasteiger partial charge is 0.317 e. The van der Waals surface area contributed by atoms with Crippen LogP contribution in [-0.2, 0) is 11.3 Å². The first-order valence-electron chi connectivity index (χ1n) is 8.79. The van der Waals surface area contributed by atoms with E-state index in [0.29, 0.717) is 0 Å². The third-order valence-electron chi connectivity index (χ3n) is 5.38.